The highest BCUT2D eigenvalue weighted by atomic mass is 79.9. The number of hydrogen-bond donors (Lipinski definition) is 0. The summed E-state index contributed by atoms with van der Waals surface area (Å²) in [7, 11) is 1.26. The van der Waals surface area contributed by atoms with E-state index in [9.17, 15) is 9.59 Å². The van der Waals surface area contributed by atoms with Gasteiger partial charge in [-0.2, -0.15) is 9.78 Å². The van der Waals surface area contributed by atoms with Gasteiger partial charge < -0.3 is 9.47 Å². The van der Waals surface area contributed by atoms with Crippen LogP contribution in [0.2, 0.25) is 5.02 Å². The Bertz CT molecular complexity index is 764. The molecule has 0 unspecified atom stereocenters. The maximum absolute atomic E-state index is 12.2. The zero-order chi connectivity index (χ0) is 16.7. The average molecular weight is 390 g/mol. The predicted octanol–water partition coefficient (Wildman–Crippen LogP) is 4.02. The monoisotopic (exact) mass is 388 g/mol. The number of methoxy groups -OCH3 is 1. The molecule has 0 aliphatic carbocycles. The number of rotatable bonds is 1. The van der Waals surface area contributed by atoms with Crippen LogP contribution in [0.3, 0.4) is 0 Å². The maximum atomic E-state index is 12.2. The molecule has 0 aliphatic rings. The van der Waals surface area contributed by atoms with Gasteiger partial charge in [-0.25, -0.2) is 9.59 Å². The van der Waals surface area contributed by atoms with Gasteiger partial charge in [0.25, 0.3) is 0 Å². The molecule has 0 aliphatic heterocycles. The van der Waals surface area contributed by atoms with Gasteiger partial charge in [0.1, 0.15) is 5.60 Å². The molecule has 6 nitrogen and oxygen atoms in total. The van der Waals surface area contributed by atoms with Gasteiger partial charge in [0.05, 0.1) is 33.9 Å². The fourth-order valence-electron chi connectivity index (χ4n) is 1.86. The number of carbonyl (C=O) groups excluding carboxylic acids is 2. The van der Waals surface area contributed by atoms with E-state index in [1.54, 1.807) is 20.8 Å². The summed E-state index contributed by atoms with van der Waals surface area (Å²) >= 11 is 9.36. The standard InChI is InChI=1S/C14H14BrClN2O4/c1-14(2,3)22-13(20)18-9-5-8(16)11(15)10(12(19)21-4)7(9)6-17-18/h5-6H,1-4H3. The van der Waals surface area contributed by atoms with Crippen molar-refractivity contribution in [2.75, 3.05) is 7.11 Å². The van der Waals surface area contributed by atoms with Crippen molar-refractivity contribution in [1.29, 1.82) is 0 Å². The van der Waals surface area contributed by atoms with Crippen molar-refractivity contribution in [3.63, 3.8) is 0 Å². The molecular weight excluding hydrogens is 376 g/mol. The van der Waals surface area contributed by atoms with E-state index in [2.05, 4.69) is 21.0 Å². The first kappa shape index (κ1) is 16.8. The minimum Gasteiger partial charge on any atom is -0.465 e. The van der Waals surface area contributed by atoms with Crippen LogP contribution in [0.5, 0.6) is 0 Å². The first-order chi connectivity index (χ1) is 10.2. The van der Waals surface area contributed by atoms with E-state index in [0.717, 1.165) is 4.68 Å². The molecule has 0 spiro atoms. The Labute approximate surface area is 140 Å². The van der Waals surface area contributed by atoms with E-state index in [-0.39, 0.29) is 10.6 Å². The van der Waals surface area contributed by atoms with Crippen LogP contribution in [0, 0.1) is 0 Å². The number of hydrogen-bond acceptors (Lipinski definition) is 5. The second-order valence-corrected chi connectivity index (χ2v) is 6.71. The highest BCUT2D eigenvalue weighted by Gasteiger charge is 2.24. The first-order valence-electron chi connectivity index (χ1n) is 6.33. The van der Waals surface area contributed by atoms with Gasteiger partial charge >= 0.3 is 12.1 Å². The van der Waals surface area contributed by atoms with Crippen molar-refractivity contribution in [1.82, 2.24) is 9.78 Å². The molecule has 2 rings (SSSR count). The van der Waals surface area contributed by atoms with Gasteiger partial charge in [-0.3, -0.25) is 0 Å². The molecule has 2 aromatic rings. The molecule has 8 heteroatoms. The molecule has 0 fully saturated rings. The minimum atomic E-state index is -0.667. The van der Waals surface area contributed by atoms with Crippen LogP contribution >= 0.6 is 27.5 Å². The van der Waals surface area contributed by atoms with Crippen molar-refractivity contribution in [3.05, 3.63) is 27.3 Å². The molecule has 0 saturated heterocycles. The second-order valence-electron chi connectivity index (χ2n) is 5.51. The third-order valence-corrected chi connectivity index (χ3v) is 4.07. The van der Waals surface area contributed by atoms with E-state index in [1.807, 2.05) is 0 Å². The summed E-state index contributed by atoms with van der Waals surface area (Å²) in [5.41, 5.74) is -0.0951. The van der Waals surface area contributed by atoms with Gasteiger partial charge in [0.15, 0.2) is 0 Å². The molecule has 0 radical (unpaired) electrons. The van der Waals surface area contributed by atoms with Crippen LogP contribution < -0.4 is 0 Å². The Morgan fingerprint density at radius 1 is 1.36 bits per heavy atom. The van der Waals surface area contributed by atoms with Crippen molar-refractivity contribution in [2.45, 2.75) is 26.4 Å². The lowest BCUT2D eigenvalue weighted by atomic mass is 10.1. The number of halogens is 2. The second kappa shape index (κ2) is 5.89. The largest absolute Gasteiger partial charge is 0.465 e. The van der Waals surface area contributed by atoms with Crippen LogP contribution in [0.15, 0.2) is 16.7 Å². The minimum absolute atomic E-state index is 0.208. The summed E-state index contributed by atoms with van der Waals surface area (Å²) in [5, 5.41) is 4.69. The van der Waals surface area contributed by atoms with Gasteiger partial charge in [-0.1, -0.05) is 11.6 Å². The summed E-state index contributed by atoms with van der Waals surface area (Å²) in [6, 6.07) is 1.53. The molecular formula is C14H14BrClN2O4. The van der Waals surface area contributed by atoms with E-state index >= 15 is 0 Å². The molecule has 1 heterocycles. The maximum Gasteiger partial charge on any atom is 0.435 e. The van der Waals surface area contributed by atoms with Crippen molar-refractivity contribution >= 4 is 50.5 Å². The van der Waals surface area contributed by atoms with Crippen molar-refractivity contribution < 1.29 is 19.1 Å². The highest BCUT2D eigenvalue weighted by molar-refractivity contribution is 9.10. The molecule has 1 aromatic heterocycles. The lowest BCUT2D eigenvalue weighted by Gasteiger charge is -2.19. The van der Waals surface area contributed by atoms with Crippen LogP contribution in [-0.2, 0) is 9.47 Å². The van der Waals surface area contributed by atoms with Crippen LogP contribution in [0.25, 0.3) is 10.9 Å². The third kappa shape index (κ3) is 3.10. The van der Waals surface area contributed by atoms with Crippen molar-refractivity contribution in [2.24, 2.45) is 0 Å². The zero-order valence-electron chi connectivity index (χ0n) is 12.4. The molecule has 0 saturated carbocycles. The molecule has 1 aromatic carbocycles. The Kier molecular flexibility index (Phi) is 4.49. The molecule has 0 N–H and O–H groups in total. The van der Waals surface area contributed by atoms with Crippen LogP contribution in [-0.4, -0.2) is 34.6 Å². The lowest BCUT2D eigenvalue weighted by Crippen LogP contribution is -2.27. The lowest BCUT2D eigenvalue weighted by molar-refractivity contribution is 0.0521. The number of fused-ring (bicyclic) bond motifs is 1. The quantitative estimate of drug-likeness (QED) is 0.689. The van der Waals surface area contributed by atoms with E-state index < -0.39 is 17.7 Å². The van der Waals surface area contributed by atoms with Crippen molar-refractivity contribution in [3.8, 4) is 0 Å². The summed E-state index contributed by atoms with van der Waals surface area (Å²) in [6.07, 6.45) is 0.740. The van der Waals surface area contributed by atoms with Crippen LogP contribution in [0.4, 0.5) is 4.79 Å². The molecule has 22 heavy (non-hydrogen) atoms. The Morgan fingerprint density at radius 2 is 2.00 bits per heavy atom. The van der Waals surface area contributed by atoms with Crippen LogP contribution in [0.1, 0.15) is 31.1 Å². The first-order valence-corrected chi connectivity index (χ1v) is 7.50. The summed E-state index contributed by atoms with van der Waals surface area (Å²) in [6.45, 7) is 5.25. The zero-order valence-corrected chi connectivity index (χ0v) is 14.8. The predicted molar refractivity (Wildman–Crippen MR) is 85.4 cm³/mol. The molecule has 118 valence electrons. The average Bonchev–Trinajstić information content (AvgIpc) is 2.80. The van der Waals surface area contributed by atoms with E-state index in [4.69, 9.17) is 21.1 Å². The Morgan fingerprint density at radius 3 is 2.55 bits per heavy atom. The SMILES string of the molecule is COC(=O)c1c(Br)c(Cl)cc2c1cnn2C(=O)OC(C)(C)C. The fourth-order valence-corrected chi connectivity index (χ4v) is 2.55. The summed E-state index contributed by atoms with van der Waals surface area (Å²) < 4.78 is 11.5. The van der Waals surface area contributed by atoms with E-state index in [1.165, 1.54) is 19.4 Å². The van der Waals surface area contributed by atoms with E-state index in [0.29, 0.717) is 15.4 Å². The Hall–Kier alpha value is -1.60. The molecule has 0 bridgehead atoms. The number of carbonyl (C=O) groups is 2. The molecule has 0 atom stereocenters. The normalized spacial score (nSPS) is 11.5. The number of nitrogens with zero attached hydrogens (tertiary/aromatic N) is 2. The van der Waals surface area contributed by atoms with Gasteiger partial charge in [0, 0.05) is 5.39 Å². The number of esters is 1. The van der Waals surface area contributed by atoms with Gasteiger partial charge in [0.2, 0.25) is 0 Å². The fraction of sp³-hybridized carbons (Fsp3) is 0.357. The molecule has 0 amide bonds. The summed E-state index contributed by atoms with van der Waals surface area (Å²) in [4.78, 5) is 24.1. The summed E-state index contributed by atoms with van der Waals surface area (Å²) in [5.74, 6) is -0.580. The van der Waals surface area contributed by atoms with Gasteiger partial charge in [-0.05, 0) is 42.8 Å². The topological polar surface area (TPSA) is 70.4 Å². The Balaban J connectivity index is 2.64. The number of benzene rings is 1. The number of aromatic nitrogens is 2. The number of ether oxygens (including phenoxy) is 2. The highest BCUT2D eigenvalue weighted by Crippen LogP contribution is 2.34. The van der Waals surface area contributed by atoms with Gasteiger partial charge in [-0.15, -0.1) is 0 Å². The third-order valence-electron chi connectivity index (χ3n) is 2.72. The smallest absolute Gasteiger partial charge is 0.435 e.